The molecule has 0 radical (unpaired) electrons. The van der Waals surface area contributed by atoms with Crippen molar-refractivity contribution in [3.63, 3.8) is 0 Å². The highest BCUT2D eigenvalue weighted by atomic mass is 15.1. The fraction of sp³-hybridized carbons (Fsp3) is 0.190. The fourth-order valence-corrected chi connectivity index (χ4v) is 2.60. The molecule has 0 aliphatic heterocycles. The molecule has 2 N–H and O–H groups in total. The molecule has 3 rings (SSSR count). The predicted molar refractivity (Wildman–Crippen MR) is 105 cm³/mol. The van der Waals surface area contributed by atoms with Crippen molar-refractivity contribution in [1.29, 1.82) is 5.26 Å². The van der Waals surface area contributed by atoms with Crippen molar-refractivity contribution in [2.45, 2.75) is 26.7 Å². The number of para-hydroxylation sites is 1. The Morgan fingerprint density at radius 2 is 1.69 bits per heavy atom. The molecule has 1 heterocycles. The van der Waals surface area contributed by atoms with Gasteiger partial charge in [-0.15, -0.1) is 0 Å². The molecule has 0 saturated carbocycles. The van der Waals surface area contributed by atoms with Gasteiger partial charge in [0.1, 0.15) is 11.9 Å². The van der Waals surface area contributed by atoms with Crippen molar-refractivity contribution >= 4 is 23.1 Å². The zero-order chi connectivity index (χ0) is 18.5. The highest BCUT2D eigenvalue weighted by Crippen LogP contribution is 2.22. The zero-order valence-corrected chi connectivity index (χ0v) is 15.1. The molecule has 2 aromatic carbocycles. The molecule has 130 valence electrons. The third-order valence-corrected chi connectivity index (χ3v) is 4.00. The van der Waals surface area contributed by atoms with E-state index in [-0.39, 0.29) is 0 Å². The zero-order valence-electron chi connectivity index (χ0n) is 15.1. The van der Waals surface area contributed by atoms with Crippen LogP contribution in [0.3, 0.4) is 0 Å². The molecule has 0 atom stereocenters. The van der Waals surface area contributed by atoms with E-state index in [4.69, 9.17) is 0 Å². The molecule has 0 amide bonds. The van der Waals surface area contributed by atoms with Crippen LogP contribution in [0.2, 0.25) is 0 Å². The standard InChI is InChI=1S/C21H21N5/c1-14(2)16-8-10-18(11-9-16)24-21-23-15(3)12-20(26-21)25-19-7-5-4-6-17(19)13-22/h4-12,14H,1-3H3,(H2,23,24,25,26). The lowest BCUT2D eigenvalue weighted by atomic mass is 10.0. The van der Waals surface area contributed by atoms with Crippen molar-refractivity contribution in [2.75, 3.05) is 10.6 Å². The Hall–Kier alpha value is -3.39. The number of nitrogens with one attached hydrogen (secondary N) is 2. The van der Waals surface area contributed by atoms with E-state index in [9.17, 15) is 5.26 Å². The van der Waals surface area contributed by atoms with E-state index in [1.165, 1.54) is 5.56 Å². The van der Waals surface area contributed by atoms with Crippen molar-refractivity contribution in [3.8, 4) is 6.07 Å². The van der Waals surface area contributed by atoms with Crippen LogP contribution in [0.4, 0.5) is 23.1 Å². The van der Waals surface area contributed by atoms with Gasteiger partial charge in [0, 0.05) is 17.4 Å². The minimum atomic E-state index is 0.496. The second-order valence-corrected chi connectivity index (χ2v) is 6.40. The van der Waals surface area contributed by atoms with Gasteiger partial charge >= 0.3 is 0 Å². The van der Waals surface area contributed by atoms with E-state index < -0.39 is 0 Å². The number of aryl methyl sites for hydroxylation is 1. The number of hydrogen-bond acceptors (Lipinski definition) is 5. The summed E-state index contributed by atoms with van der Waals surface area (Å²) in [6.45, 7) is 6.25. The van der Waals surface area contributed by atoms with Gasteiger partial charge in [0.15, 0.2) is 0 Å². The Labute approximate surface area is 153 Å². The quantitative estimate of drug-likeness (QED) is 0.660. The van der Waals surface area contributed by atoms with Gasteiger partial charge in [0.25, 0.3) is 0 Å². The highest BCUT2D eigenvalue weighted by Gasteiger charge is 2.06. The first kappa shape index (κ1) is 17.4. The van der Waals surface area contributed by atoms with E-state index >= 15 is 0 Å². The van der Waals surface area contributed by atoms with E-state index in [1.54, 1.807) is 6.07 Å². The van der Waals surface area contributed by atoms with Gasteiger partial charge in [-0.05, 0) is 42.7 Å². The molecule has 0 spiro atoms. The fourth-order valence-electron chi connectivity index (χ4n) is 2.60. The largest absolute Gasteiger partial charge is 0.339 e. The Bertz CT molecular complexity index is 939. The maximum atomic E-state index is 9.23. The van der Waals surface area contributed by atoms with Crippen molar-refractivity contribution in [1.82, 2.24) is 9.97 Å². The van der Waals surface area contributed by atoms with Crippen LogP contribution in [0, 0.1) is 18.3 Å². The Kier molecular flexibility index (Phi) is 5.14. The predicted octanol–water partition coefficient (Wildman–Crippen LogP) is 5.27. The van der Waals surface area contributed by atoms with E-state index in [0.717, 1.165) is 17.1 Å². The van der Waals surface area contributed by atoms with Crippen molar-refractivity contribution in [3.05, 3.63) is 71.4 Å². The SMILES string of the molecule is Cc1cc(Nc2ccccc2C#N)nc(Nc2ccc(C(C)C)cc2)n1. The highest BCUT2D eigenvalue weighted by molar-refractivity contribution is 5.65. The topological polar surface area (TPSA) is 73.6 Å². The molecule has 0 saturated heterocycles. The maximum absolute atomic E-state index is 9.23. The summed E-state index contributed by atoms with van der Waals surface area (Å²) in [5, 5.41) is 15.7. The number of anilines is 4. The molecule has 3 aromatic rings. The Morgan fingerprint density at radius 3 is 2.38 bits per heavy atom. The van der Waals surface area contributed by atoms with Gasteiger partial charge in [-0.25, -0.2) is 4.98 Å². The Morgan fingerprint density at radius 1 is 0.962 bits per heavy atom. The molecule has 0 unspecified atom stereocenters. The van der Waals surface area contributed by atoms with Crippen LogP contribution in [0.5, 0.6) is 0 Å². The van der Waals surface area contributed by atoms with Gasteiger partial charge < -0.3 is 10.6 Å². The summed E-state index contributed by atoms with van der Waals surface area (Å²) in [7, 11) is 0. The van der Waals surface area contributed by atoms with Crippen molar-refractivity contribution < 1.29 is 0 Å². The van der Waals surface area contributed by atoms with Crippen LogP contribution in [-0.2, 0) is 0 Å². The van der Waals surface area contributed by atoms with E-state index in [2.05, 4.69) is 52.7 Å². The number of aromatic nitrogens is 2. The third-order valence-electron chi connectivity index (χ3n) is 4.00. The first-order valence-electron chi connectivity index (χ1n) is 8.54. The normalized spacial score (nSPS) is 10.4. The third kappa shape index (κ3) is 4.17. The number of rotatable bonds is 5. The molecule has 5 heteroatoms. The average Bonchev–Trinajstić information content (AvgIpc) is 2.62. The lowest BCUT2D eigenvalue weighted by molar-refractivity contribution is 0.867. The maximum Gasteiger partial charge on any atom is 0.229 e. The van der Waals surface area contributed by atoms with Gasteiger partial charge in [0.05, 0.1) is 11.3 Å². The van der Waals surface area contributed by atoms with Crippen LogP contribution in [0.1, 0.15) is 36.6 Å². The molecule has 0 fully saturated rings. The van der Waals surface area contributed by atoms with Crippen LogP contribution in [0.15, 0.2) is 54.6 Å². The summed E-state index contributed by atoms with van der Waals surface area (Å²) in [6.07, 6.45) is 0. The lowest BCUT2D eigenvalue weighted by Crippen LogP contribution is -2.03. The van der Waals surface area contributed by atoms with Crippen LogP contribution < -0.4 is 10.6 Å². The Balaban J connectivity index is 1.82. The smallest absolute Gasteiger partial charge is 0.229 e. The average molecular weight is 343 g/mol. The molecule has 1 aromatic heterocycles. The summed E-state index contributed by atoms with van der Waals surface area (Å²) in [4.78, 5) is 8.96. The van der Waals surface area contributed by atoms with Gasteiger partial charge in [-0.2, -0.15) is 10.2 Å². The molecule has 0 aliphatic rings. The summed E-state index contributed by atoms with van der Waals surface area (Å²) >= 11 is 0. The lowest BCUT2D eigenvalue weighted by Gasteiger charge is -2.11. The van der Waals surface area contributed by atoms with E-state index in [0.29, 0.717) is 23.2 Å². The minimum Gasteiger partial charge on any atom is -0.339 e. The van der Waals surface area contributed by atoms with Crippen LogP contribution in [0.25, 0.3) is 0 Å². The second kappa shape index (κ2) is 7.66. The summed E-state index contributed by atoms with van der Waals surface area (Å²) in [5.74, 6) is 1.65. The van der Waals surface area contributed by atoms with Crippen LogP contribution in [-0.4, -0.2) is 9.97 Å². The molecule has 26 heavy (non-hydrogen) atoms. The summed E-state index contributed by atoms with van der Waals surface area (Å²) < 4.78 is 0. The molecule has 5 nitrogen and oxygen atoms in total. The monoisotopic (exact) mass is 343 g/mol. The summed E-state index contributed by atoms with van der Waals surface area (Å²) in [6, 6.07) is 19.6. The minimum absolute atomic E-state index is 0.496. The summed E-state index contributed by atoms with van der Waals surface area (Å²) in [5.41, 5.74) is 4.35. The second-order valence-electron chi connectivity index (χ2n) is 6.40. The molecule has 0 aliphatic carbocycles. The van der Waals surface area contributed by atoms with Crippen molar-refractivity contribution in [2.24, 2.45) is 0 Å². The number of hydrogen-bond donors (Lipinski definition) is 2. The first-order valence-corrected chi connectivity index (χ1v) is 8.54. The number of nitrogens with zero attached hydrogens (tertiary/aromatic N) is 3. The molecular weight excluding hydrogens is 322 g/mol. The number of benzene rings is 2. The molecular formula is C21H21N5. The van der Waals surface area contributed by atoms with E-state index in [1.807, 2.05) is 43.3 Å². The number of nitriles is 1. The van der Waals surface area contributed by atoms with Gasteiger partial charge in [-0.3, -0.25) is 0 Å². The van der Waals surface area contributed by atoms with Gasteiger partial charge in [-0.1, -0.05) is 38.1 Å². The van der Waals surface area contributed by atoms with Gasteiger partial charge in [0.2, 0.25) is 5.95 Å². The molecule has 0 bridgehead atoms. The van der Waals surface area contributed by atoms with Crippen LogP contribution >= 0.6 is 0 Å². The first-order chi connectivity index (χ1) is 12.5.